The van der Waals surface area contributed by atoms with Crippen molar-refractivity contribution in [2.45, 2.75) is 26.3 Å². The fourth-order valence-electron chi connectivity index (χ4n) is 2.13. The molecule has 124 valence electrons. The topological polar surface area (TPSA) is 74.8 Å². The maximum Gasteiger partial charge on any atom is 0.289 e. The number of rotatable bonds is 3. The van der Waals surface area contributed by atoms with Crippen LogP contribution in [0.4, 0.5) is 0 Å². The van der Waals surface area contributed by atoms with E-state index in [4.69, 9.17) is 16.3 Å². The van der Waals surface area contributed by atoms with Gasteiger partial charge in [0.2, 0.25) is 0 Å². The van der Waals surface area contributed by atoms with Crippen LogP contribution in [-0.4, -0.2) is 24.3 Å². The summed E-state index contributed by atoms with van der Waals surface area (Å²) in [5.74, 6) is 1.15. The van der Waals surface area contributed by atoms with Gasteiger partial charge in [-0.2, -0.15) is 5.10 Å². The van der Waals surface area contributed by atoms with Gasteiger partial charge in [-0.25, -0.2) is 14.6 Å². The highest BCUT2D eigenvalue weighted by Crippen LogP contribution is 2.29. The van der Waals surface area contributed by atoms with E-state index in [2.05, 4.69) is 15.1 Å². The zero-order valence-electron chi connectivity index (χ0n) is 13.5. The third kappa shape index (κ3) is 3.03. The summed E-state index contributed by atoms with van der Waals surface area (Å²) in [6.07, 6.45) is 8.05. The van der Waals surface area contributed by atoms with Crippen LogP contribution in [0.5, 0.6) is 11.5 Å². The number of hydrogen-bond acceptors (Lipinski definition) is 5. The zero-order chi connectivity index (χ0) is 17.3. The van der Waals surface area contributed by atoms with Gasteiger partial charge in [-0.15, -0.1) is 0 Å². The van der Waals surface area contributed by atoms with Crippen molar-refractivity contribution < 1.29 is 4.74 Å². The van der Waals surface area contributed by atoms with E-state index in [9.17, 15) is 4.79 Å². The summed E-state index contributed by atoms with van der Waals surface area (Å²) in [7, 11) is 0. The predicted molar refractivity (Wildman–Crippen MR) is 89.9 cm³/mol. The van der Waals surface area contributed by atoms with Crippen molar-refractivity contribution in [1.82, 2.24) is 24.3 Å². The Bertz CT molecular complexity index is 913. The van der Waals surface area contributed by atoms with Gasteiger partial charge in [0.05, 0.1) is 11.7 Å². The maximum atomic E-state index is 12.4. The Hall–Kier alpha value is -2.67. The monoisotopic (exact) mass is 345 g/mol. The molecule has 8 heteroatoms. The molecule has 0 aliphatic rings. The molecule has 7 nitrogen and oxygen atoms in total. The Morgan fingerprint density at radius 1 is 1.21 bits per heavy atom. The maximum absolute atomic E-state index is 12.4. The average Bonchev–Trinajstić information content (AvgIpc) is 3.05. The average molecular weight is 346 g/mol. The minimum absolute atomic E-state index is 0.0274. The number of ether oxygens (including phenoxy) is 1. The molecule has 0 saturated carbocycles. The van der Waals surface area contributed by atoms with Crippen LogP contribution in [0.3, 0.4) is 0 Å². The highest BCUT2D eigenvalue weighted by Gasteiger charge is 2.21. The van der Waals surface area contributed by atoms with Crippen LogP contribution < -0.4 is 10.3 Å². The van der Waals surface area contributed by atoms with Gasteiger partial charge in [0.25, 0.3) is 5.56 Å². The van der Waals surface area contributed by atoms with E-state index in [0.29, 0.717) is 11.6 Å². The van der Waals surface area contributed by atoms with Crippen molar-refractivity contribution in [1.29, 1.82) is 0 Å². The van der Waals surface area contributed by atoms with Crippen LogP contribution in [0.1, 0.15) is 20.8 Å². The first-order valence-corrected chi connectivity index (χ1v) is 7.65. The molecule has 3 heterocycles. The summed E-state index contributed by atoms with van der Waals surface area (Å²) in [5.41, 5.74) is -0.884. The summed E-state index contributed by atoms with van der Waals surface area (Å²) >= 11 is 6.19. The molecule has 0 radical (unpaired) electrons. The minimum Gasteiger partial charge on any atom is -0.450 e. The van der Waals surface area contributed by atoms with Gasteiger partial charge in [-0.3, -0.25) is 9.36 Å². The van der Waals surface area contributed by atoms with Crippen LogP contribution in [-0.2, 0) is 5.54 Å². The molecular weight excluding hydrogens is 330 g/mol. The Morgan fingerprint density at radius 2 is 2.00 bits per heavy atom. The van der Waals surface area contributed by atoms with E-state index >= 15 is 0 Å². The van der Waals surface area contributed by atoms with Crippen molar-refractivity contribution >= 4 is 11.6 Å². The first-order chi connectivity index (χ1) is 11.4. The molecule has 0 saturated heterocycles. The second kappa shape index (κ2) is 6.09. The van der Waals surface area contributed by atoms with E-state index in [1.807, 2.05) is 20.8 Å². The van der Waals surface area contributed by atoms with E-state index in [1.54, 1.807) is 41.6 Å². The minimum atomic E-state index is -0.477. The normalized spacial score (nSPS) is 11.5. The SMILES string of the molecule is CC(C)(C)n1ncc(Oc2cccnc2-n2ccnc2)c(Cl)c1=O. The van der Waals surface area contributed by atoms with Gasteiger partial charge in [-0.05, 0) is 32.9 Å². The fraction of sp³-hybridized carbons (Fsp3) is 0.250. The van der Waals surface area contributed by atoms with E-state index in [1.165, 1.54) is 10.9 Å². The van der Waals surface area contributed by atoms with Crippen LogP contribution in [0, 0.1) is 0 Å². The Labute approximate surface area is 143 Å². The molecule has 3 rings (SSSR count). The number of halogens is 1. The number of nitrogens with zero attached hydrogens (tertiary/aromatic N) is 5. The number of imidazole rings is 1. The molecule has 0 bridgehead atoms. The lowest BCUT2D eigenvalue weighted by molar-refractivity contribution is 0.333. The molecule has 0 aliphatic heterocycles. The van der Waals surface area contributed by atoms with Gasteiger partial charge in [0, 0.05) is 18.6 Å². The van der Waals surface area contributed by atoms with E-state index in [-0.39, 0.29) is 10.8 Å². The third-order valence-corrected chi connectivity index (χ3v) is 3.59. The quantitative estimate of drug-likeness (QED) is 0.729. The van der Waals surface area contributed by atoms with Gasteiger partial charge < -0.3 is 4.74 Å². The van der Waals surface area contributed by atoms with Gasteiger partial charge in [0.15, 0.2) is 22.3 Å². The largest absolute Gasteiger partial charge is 0.450 e. The van der Waals surface area contributed by atoms with Crippen molar-refractivity contribution in [3.05, 3.63) is 58.6 Å². The van der Waals surface area contributed by atoms with Gasteiger partial charge in [0.1, 0.15) is 6.33 Å². The first kappa shape index (κ1) is 16.2. The van der Waals surface area contributed by atoms with Crippen molar-refractivity contribution in [3.63, 3.8) is 0 Å². The number of hydrogen-bond donors (Lipinski definition) is 0. The van der Waals surface area contributed by atoms with Gasteiger partial charge in [-0.1, -0.05) is 11.6 Å². The lowest BCUT2D eigenvalue weighted by atomic mass is 10.1. The van der Waals surface area contributed by atoms with Crippen LogP contribution in [0.15, 0.2) is 48.0 Å². The van der Waals surface area contributed by atoms with Crippen LogP contribution >= 0.6 is 11.6 Å². The number of aromatic nitrogens is 5. The molecule has 0 spiro atoms. The second-order valence-corrected chi connectivity index (χ2v) is 6.49. The molecule has 3 aromatic rings. The second-order valence-electron chi connectivity index (χ2n) is 6.11. The highest BCUT2D eigenvalue weighted by atomic mass is 35.5. The zero-order valence-corrected chi connectivity index (χ0v) is 14.2. The van der Waals surface area contributed by atoms with Crippen LogP contribution in [0.2, 0.25) is 5.02 Å². The Morgan fingerprint density at radius 3 is 2.67 bits per heavy atom. The molecule has 0 amide bonds. The molecule has 0 fully saturated rings. The van der Waals surface area contributed by atoms with E-state index in [0.717, 1.165) is 0 Å². The van der Waals surface area contributed by atoms with Crippen molar-refractivity contribution in [2.75, 3.05) is 0 Å². The van der Waals surface area contributed by atoms with Crippen molar-refractivity contribution in [2.24, 2.45) is 0 Å². The molecule has 0 aromatic carbocycles. The molecule has 0 N–H and O–H groups in total. The fourth-order valence-corrected chi connectivity index (χ4v) is 2.29. The molecule has 24 heavy (non-hydrogen) atoms. The highest BCUT2D eigenvalue weighted by molar-refractivity contribution is 6.31. The molecule has 0 atom stereocenters. The van der Waals surface area contributed by atoms with E-state index < -0.39 is 11.1 Å². The molecule has 0 unspecified atom stereocenters. The van der Waals surface area contributed by atoms with Crippen LogP contribution in [0.25, 0.3) is 5.82 Å². The lowest BCUT2D eigenvalue weighted by Crippen LogP contribution is -2.36. The Kier molecular flexibility index (Phi) is 4.11. The lowest BCUT2D eigenvalue weighted by Gasteiger charge is -2.21. The summed E-state index contributed by atoms with van der Waals surface area (Å²) in [6, 6.07) is 3.46. The smallest absolute Gasteiger partial charge is 0.289 e. The molecular formula is C16H16ClN5O2. The first-order valence-electron chi connectivity index (χ1n) is 7.27. The standard InChI is InChI=1S/C16H16ClN5O2/c1-16(2,3)22-15(23)13(17)12(9-20-22)24-11-5-4-6-19-14(11)21-8-7-18-10-21/h4-10H,1-3H3. The summed E-state index contributed by atoms with van der Waals surface area (Å²) < 4.78 is 8.82. The number of pyridine rings is 1. The molecule has 0 aliphatic carbocycles. The summed E-state index contributed by atoms with van der Waals surface area (Å²) in [4.78, 5) is 20.7. The summed E-state index contributed by atoms with van der Waals surface area (Å²) in [5, 5.41) is 4.13. The van der Waals surface area contributed by atoms with Crippen molar-refractivity contribution in [3.8, 4) is 17.3 Å². The molecule has 3 aromatic heterocycles. The Balaban J connectivity index is 2.02. The third-order valence-electron chi connectivity index (χ3n) is 3.24. The summed E-state index contributed by atoms with van der Waals surface area (Å²) in [6.45, 7) is 5.61. The van der Waals surface area contributed by atoms with Gasteiger partial charge >= 0.3 is 0 Å². The predicted octanol–water partition coefficient (Wildman–Crippen LogP) is 3.02.